The summed E-state index contributed by atoms with van der Waals surface area (Å²) in [5.41, 5.74) is -1.15. The molecule has 2 rings (SSSR count). The lowest BCUT2D eigenvalue weighted by atomic mass is 10.0. The maximum Gasteiger partial charge on any atom is 0.419 e. The first-order valence-electron chi connectivity index (χ1n) is 4.88. The molecule has 0 unspecified atom stereocenters. The highest BCUT2D eigenvalue weighted by atomic mass is 35.5. The van der Waals surface area contributed by atoms with Crippen molar-refractivity contribution >= 4 is 11.6 Å². The second kappa shape index (κ2) is 4.39. The van der Waals surface area contributed by atoms with Gasteiger partial charge in [-0.15, -0.1) is 0 Å². The van der Waals surface area contributed by atoms with E-state index in [1.54, 1.807) is 0 Å². The fourth-order valence-corrected chi connectivity index (χ4v) is 1.79. The smallest absolute Gasteiger partial charge is 0.352 e. The Morgan fingerprint density at radius 3 is 2.28 bits per heavy atom. The first kappa shape index (κ1) is 12.5. The van der Waals surface area contributed by atoms with E-state index in [0.29, 0.717) is 10.6 Å². The molecule has 0 atom stereocenters. The standard InChI is InChI=1S/C12H6ClF3N2/c13-8-3-1-7(2-4-8)9-6-18-10(5-17)11(9)12(14,15)16/h1-4,6,18H. The van der Waals surface area contributed by atoms with Gasteiger partial charge in [-0.25, -0.2) is 0 Å². The number of H-pyrrole nitrogens is 1. The van der Waals surface area contributed by atoms with Crippen LogP contribution in [0.15, 0.2) is 30.5 Å². The Hall–Kier alpha value is -1.93. The fraction of sp³-hybridized carbons (Fsp3) is 0.0833. The van der Waals surface area contributed by atoms with Crippen LogP contribution >= 0.6 is 11.6 Å². The van der Waals surface area contributed by atoms with Crippen molar-refractivity contribution in [2.24, 2.45) is 0 Å². The molecule has 1 aromatic heterocycles. The predicted molar refractivity (Wildman–Crippen MR) is 61.0 cm³/mol. The molecule has 0 saturated carbocycles. The summed E-state index contributed by atoms with van der Waals surface area (Å²) in [5, 5.41) is 9.12. The maximum absolute atomic E-state index is 12.9. The summed E-state index contributed by atoms with van der Waals surface area (Å²) < 4.78 is 38.7. The zero-order valence-corrected chi connectivity index (χ0v) is 9.60. The number of nitrogens with one attached hydrogen (secondary N) is 1. The Morgan fingerprint density at radius 2 is 1.78 bits per heavy atom. The van der Waals surface area contributed by atoms with E-state index in [-0.39, 0.29) is 5.56 Å². The lowest BCUT2D eigenvalue weighted by Gasteiger charge is -2.08. The molecule has 0 radical (unpaired) electrons. The van der Waals surface area contributed by atoms with E-state index in [0.717, 1.165) is 0 Å². The highest BCUT2D eigenvalue weighted by Gasteiger charge is 2.38. The summed E-state index contributed by atoms with van der Waals surface area (Å²) in [6.45, 7) is 0. The quantitative estimate of drug-likeness (QED) is 0.828. The number of aromatic nitrogens is 1. The molecule has 0 amide bonds. The van der Waals surface area contributed by atoms with Gasteiger partial charge in [0.2, 0.25) is 0 Å². The van der Waals surface area contributed by atoms with E-state index in [9.17, 15) is 13.2 Å². The van der Waals surface area contributed by atoms with E-state index in [1.165, 1.54) is 36.5 Å². The number of nitrogens with zero attached hydrogens (tertiary/aromatic N) is 1. The lowest BCUT2D eigenvalue weighted by molar-refractivity contribution is -0.137. The van der Waals surface area contributed by atoms with Gasteiger partial charge >= 0.3 is 6.18 Å². The van der Waals surface area contributed by atoms with Gasteiger partial charge in [0, 0.05) is 16.8 Å². The monoisotopic (exact) mass is 270 g/mol. The topological polar surface area (TPSA) is 39.6 Å². The van der Waals surface area contributed by atoms with Crippen molar-refractivity contribution < 1.29 is 13.2 Å². The summed E-state index contributed by atoms with van der Waals surface area (Å²) in [6.07, 6.45) is -3.41. The Morgan fingerprint density at radius 1 is 1.17 bits per heavy atom. The average molecular weight is 271 g/mol. The molecule has 6 heteroatoms. The molecule has 0 aliphatic heterocycles. The van der Waals surface area contributed by atoms with Gasteiger partial charge in [-0.3, -0.25) is 0 Å². The van der Waals surface area contributed by atoms with Crippen LogP contribution in [0.5, 0.6) is 0 Å². The fourth-order valence-electron chi connectivity index (χ4n) is 1.66. The van der Waals surface area contributed by atoms with E-state index < -0.39 is 17.4 Å². The summed E-state index contributed by atoms with van der Waals surface area (Å²) in [7, 11) is 0. The zero-order valence-electron chi connectivity index (χ0n) is 8.85. The largest absolute Gasteiger partial charge is 0.419 e. The molecule has 1 N–H and O–H groups in total. The third kappa shape index (κ3) is 2.20. The van der Waals surface area contributed by atoms with Gasteiger partial charge in [-0.05, 0) is 17.7 Å². The summed E-state index contributed by atoms with van der Waals surface area (Å²) in [5.74, 6) is 0. The number of halogens is 4. The molecule has 0 spiro atoms. The molecule has 0 saturated heterocycles. The summed E-state index contributed by atoms with van der Waals surface area (Å²) in [4.78, 5) is 2.33. The van der Waals surface area contributed by atoms with Gasteiger partial charge in [0.25, 0.3) is 0 Å². The van der Waals surface area contributed by atoms with Crippen LogP contribution in [0.3, 0.4) is 0 Å². The molecule has 1 heterocycles. The van der Waals surface area contributed by atoms with Gasteiger partial charge in [0.1, 0.15) is 11.8 Å². The van der Waals surface area contributed by atoms with Crippen molar-refractivity contribution in [2.45, 2.75) is 6.18 Å². The highest BCUT2D eigenvalue weighted by Crippen LogP contribution is 2.39. The number of benzene rings is 1. The van der Waals surface area contributed by atoms with E-state index >= 15 is 0 Å². The van der Waals surface area contributed by atoms with Crippen molar-refractivity contribution in [2.75, 3.05) is 0 Å². The summed E-state index contributed by atoms with van der Waals surface area (Å²) in [6, 6.07) is 7.44. The van der Waals surface area contributed by atoms with E-state index in [2.05, 4.69) is 4.98 Å². The van der Waals surface area contributed by atoms with Gasteiger partial charge in [-0.1, -0.05) is 23.7 Å². The van der Waals surface area contributed by atoms with Crippen LogP contribution in [-0.4, -0.2) is 4.98 Å². The van der Waals surface area contributed by atoms with Crippen molar-refractivity contribution in [1.29, 1.82) is 5.26 Å². The van der Waals surface area contributed by atoms with E-state index in [4.69, 9.17) is 16.9 Å². The first-order chi connectivity index (χ1) is 8.43. The number of rotatable bonds is 1. The number of alkyl halides is 3. The molecular weight excluding hydrogens is 265 g/mol. The number of hydrogen-bond donors (Lipinski definition) is 1. The van der Waals surface area contributed by atoms with Crippen LogP contribution in [0.1, 0.15) is 11.3 Å². The van der Waals surface area contributed by atoms with Crippen LogP contribution in [-0.2, 0) is 6.18 Å². The Labute approximate surface area is 106 Å². The van der Waals surface area contributed by atoms with Gasteiger partial charge < -0.3 is 4.98 Å². The van der Waals surface area contributed by atoms with Crippen LogP contribution in [0.2, 0.25) is 5.02 Å². The molecule has 0 aliphatic carbocycles. The predicted octanol–water partition coefficient (Wildman–Crippen LogP) is 4.23. The SMILES string of the molecule is N#Cc1[nH]cc(-c2ccc(Cl)cc2)c1C(F)(F)F. The molecule has 0 bridgehead atoms. The Kier molecular flexibility index (Phi) is 3.05. The molecule has 0 aliphatic rings. The van der Waals surface area contributed by atoms with Crippen molar-refractivity contribution in [3.8, 4) is 17.2 Å². The zero-order chi connectivity index (χ0) is 13.3. The van der Waals surface area contributed by atoms with Crippen molar-refractivity contribution in [3.63, 3.8) is 0 Å². The van der Waals surface area contributed by atoms with Crippen molar-refractivity contribution in [1.82, 2.24) is 4.98 Å². The number of aromatic amines is 1. The van der Waals surface area contributed by atoms with Crippen LogP contribution in [0, 0.1) is 11.3 Å². The third-order valence-electron chi connectivity index (χ3n) is 2.43. The molecule has 1 aromatic carbocycles. The molecule has 0 fully saturated rings. The van der Waals surface area contributed by atoms with Gasteiger partial charge in [0.05, 0.1) is 5.56 Å². The van der Waals surface area contributed by atoms with E-state index in [1.807, 2.05) is 0 Å². The van der Waals surface area contributed by atoms with Crippen LogP contribution < -0.4 is 0 Å². The first-order valence-corrected chi connectivity index (χ1v) is 5.26. The van der Waals surface area contributed by atoms with Gasteiger partial charge in [0.15, 0.2) is 0 Å². The van der Waals surface area contributed by atoms with Crippen LogP contribution in [0.25, 0.3) is 11.1 Å². The Bertz CT molecular complexity index is 606. The minimum Gasteiger partial charge on any atom is -0.352 e. The maximum atomic E-state index is 12.9. The van der Waals surface area contributed by atoms with Crippen molar-refractivity contribution in [3.05, 3.63) is 46.7 Å². The molecular formula is C12H6ClF3N2. The number of nitriles is 1. The molecule has 18 heavy (non-hydrogen) atoms. The second-order valence-electron chi connectivity index (χ2n) is 3.57. The Balaban J connectivity index is 2.63. The number of hydrogen-bond acceptors (Lipinski definition) is 1. The lowest BCUT2D eigenvalue weighted by Crippen LogP contribution is -2.07. The van der Waals surface area contributed by atoms with Crippen LogP contribution in [0.4, 0.5) is 13.2 Å². The highest BCUT2D eigenvalue weighted by molar-refractivity contribution is 6.30. The molecule has 92 valence electrons. The minimum atomic E-state index is -4.58. The average Bonchev–Trinajstić information content (AvgIpc) is 2.73. The summed E-state index contributed by atoms with van der Waals surface area (Å²) >= 11 is 5.68. The minimum absolute atomic E-state index is 0.0595. The third-order valence-corrected chi connectivity index (χ3v) is 2.68. The van der Waals surface area contributed by atoms with Gasteiger partial charge in [-0.2, -0.15) is 18.4 Å². The normalized spacial score (nSPS) is 11.3. The second-order valence-corrected chi connectivity index (χ2v) is 4.01. The molecule has 2 nitrogen and oxygen atoms in total. The molecule has 2 aromatic rings.